The van der Waals surface area contributed by atoms with E-state index in [1.54, 1.807) is 0 Å². The van der Waals surface area contributed by atoms with Gasteiger partial charge in [-0.1, -0.05) is 13.3 Å². The lowest BCUT2D eigenvalue weighted by molar-refractivity contribution is -0.130. The maximum absolute atomic E-state index is 12.3. The summed E-state index contributed by atoms with van der Waals surface area (Å²) in [5.41, 5.74) is 5.56. The van der Waals surface area contributed by atoms with Crippen molar-refractivity contribution in [3.05, 3.63) is 0 Å². The first-order chi connectivity index (χ1) is 9.70. The Morgan fingerprint density at radius 1 is 1.20 bits per heavy atom. The monoisotopic (exact) mass is 281 g/mol. The van der Waals surface area contributed by atoms with Gasteiger partial charge in [0, 0.05) is 25.6 Å². The first-order valence-electron chi connectivity index (χ1n) is 8.42. The number of carbonyl (C=O) groups is 1. The van der Waals surface area contributed by atoms with Crippen LogP contribution in [0.5, 0.6) is 0 Å². The summed E-state index contributed by atoms with van der Waals surface area (Å²) in [6.45, 7) is 7.33. The van der Waals surface area contributed by atoms with Gasteiger partial charge in [0.25, 0.3) is 0 Å². The number of hydrogen-bond donors (Lipinski definition) is 1. The van der Waals surface area contributed by atoms with Crippen LogP contribution in [0.1, 0.15) is 51.9 Å². The highest BCUT2D eigenvalue weighted by Gasteiger charge is 2.30. The maximum atomic E-state index is 12.3. The molecule has 1 amide bonds. The van der Waals surface area contributed by atoms with Gasteiger partial charge >= 0.3 is 0 Å². The Balaban J connectivity index is 1.70. The molecule has 2 N–H and O–H groups in total. The van der Waals surface area contributed by atoms with Crippen LogP contribution in [0.15, 0.2) is 0 Å². The standard InChI is InChI=1S/C16H31N3O/c1-14(7-9-17)5-6-16(20)19-12-8-15(13-19)18-10-3-2-4-11-18/h14-15H,2-13,17H2,1H3. The maximum Gasteiger partial charge on any atom is 0.222 e. The number of piperidine rings is 1. The summed E-state index contributed by atoms with van der Waals surface area (Å²) < 4.78 is 0. The summed E-state index contributed by atoms with van der Waals surface area (Å²) in [6, 6.07) is 0.626. The van der Waals surface area contributed by atoms with E-state index >= 15 is 0 Å². The van der Waals surface area contributed by atoms with Gasteiger partial charge < -0.3 is 10.6 Å². The molecule has 0 saturated carbocycles. The third-order valence-corrected chi connectivity index (χ3v) is 4.93. The third-order valence-electron chi connectivity index (χ3n) is 4.93. The van der Waals surface area contributed by atoms with E-state index in [0.717, 1.165) is 32.5 Å². The third kappa shape index (κ3) is 4.45. The predicted octanol–water partition coefficient (Wildman–Crippen LogP) is 1.84. The SMILES string of the molecule is CC(CCN)CCC(=O)N1CCC(N2CCCCC2)C1. The highest BCUT2D eigenvalue weighted by atomic mass is 16.2. The summed E-state index contributed by atoms with van der Waals surface area (Å²) in [5, 5.41) is 0. The zero-order valence-electron chi connectivity index (χ0n) is 13.0. The summed E-state index contributed by atoms with van der Waals surface area (Å²) in [5.74, 6) is 0.929. The molecule has 4 nitrogen and oxygen atoms in total. The van der Waals surface area contributed by atoms with E-state index in [1.807, 2.05) is 0 Å². The number of carbonyl (C=O) groups excluding carboxylic acids is 1. The van der Waals surface area contributed by atoms with Crippen LogP contribution in [-0.4, -0.2) is 54.5 Å². The molecule has 2 atom stereocenters. The topological polar surface area (TPSA) is 49.6 Å². The lowest BCUT2D eigenvalue weighted by Crippen LogP contribution is -2.41. The van der Waals surface area contributed by atoms with Crippen molar-refractivity contribution in [2.75, 3.05) is 32.7 Å². The van der Waals surface area contributed by atoms with Crippen molar-refractivity contribution in [1.29, 1.82) is 0 Å². The van der Waals surface area contributed by atoms with Gasteiger partial charge in [-0.15, -0.1) is 0 Å². The van der Waals surface area contributed by atoms with Crippen LogP contribution < -0.4 is 5.73 Å². The highest BCUT2D eigenvalue weighted by Crippen LogP contribution is 2.21. The molecule has 2 saturated heterocycles. The number of likely N-dealkylation sites (tertiary alicyclic amines) is 2. The molecule has 0 aromatic carbocycles. The van der Waals surface area contributed by atoms with Crippen molar-refractivity contribution in [2.45, 2.75) is 57.9 Å². The molecule has 0 aromatic rings. The van der Waals surface area contributed by atoms with E-state index in [0.29, 0.717) is 24.3 Å². The first kappa shape index (κ1) is 15.8. The fraction of sp³-hybridized carbons (Fsp3) is 0.938. The van der Waals surface area contributed by atoms with Crippen molar-refractivity contribution >= 4 is 5.91 Å². The van der Waals surface area contributed by atoms with Crippen LogP contribution in [0.2, 0.25) is 0 Å². The Labute approximate surface area is 123 Å². The molecule has 2 unspecified atom stereocenters. The Morgan fingerprint density at radius 2 is 1.95 bits per heavy atom. The van der Waals surface area contributed by atoms with Gasteiger partial charge in [-0.3, -0.25) is 9.69 Å². The minimum absolute atomic E-state index is 0.355. The van der Waals surface area contributed by atoms with Gasteiger partial charge in [-0.05, 0) is 57.7 Å². The Kier molecular flexibility index (Phi) is 6.30. The number of nitrogens with zero attached hydrogens (tertiary/aromatic N) is 2. The number of amides is 1. The predicted molar refractivity (Wildman–Crippen MR) is 82.5 cm³/mol. The van der Waals surface area contributed by atoms with E-state index in [-0.39, 0.29) is 0 Å². The molecule has 2 rings (SSSR count). The molecular formula is C16H31N3O. The van der Waals surface area contributed by atoms with Crippen molar-refractivity contribution in [3.63, 3.8) is 0 Å². The van der Waals surface area contributed by atoms with Gasteiger partial charge in [0.05, 0.1) is 0 Å². The summed E-state index contributed by atoms with van der Waals surface area (Å²) in [4.78, 5) is 17.0. The molecular weight excluding hydrogens is 250 g/mol. The van der Waals surface area contributed by atoms with Crippen LogP contribution in [0.25, 0.3) is 0 Å². The highest BCUT2D eigenvalue weighted by molar-refractivity contribution is 5.76. The molecule has 0 bridgehead atoms. The van der Waals surface area contributed by atoms with E-state index in [2.05, 4.69) is 16.7 Å². The van der Waals surface area contributed by atoms with Gasteiger partial charge in [0.15, 0.2) is 0 Å². The summed E-state index contributed by atoms with van der Waals surface area (Å²) >= 11 is 0. The van der Waals surface area contributed by atoms with Crippen molar-refractivity contribution in [1.82, 2.24) is 9.80 Å². The van der Waals surface area contributed by atoms with Crippen LogP contribution in [0, 0.1) is 5.92 Å². The lowest BCUT2D eigenvalue weighted by Gasteiger charge is -2.32. The molecule has 2 fully saturated rings. The molecule has 2 aliphatic rings. The smallest absolute Gasteiger partial charge is 0.222 e. The second-order valence-corrected chi connectivity index (χ2v) is 6.60. The second-order valence-electron chi connectivity index (χ2n) is 6.60. The van der Waals surface area contributed by atoms with Gasteiger partial charge in [-0.2, -0.15) is 0 Å². The van der Waals surface area contributed by atoms with Crippen LogP contribution in [0.3, 0.4) is 0 Å². The second kappa shape index (κ2) is 7.99. The average molecular weight is 281 g/mol. The quantitative estimate of drug-likeness (QED) is 0.808. The molecule has 2 heterocycles. The summed E-state index contributed by atoms with van der Waals surface area (Å²) in [7, 11) is 0. The van der Waals surface area contributed by atoms with E-state index < -0.39 is 0 Å². The molecule has 0 aromatic heterocycles. The zero-order valence-corrected chi connectivity index (χ0v) is 13.0. The van der Waals surface area contributed by atoms with Gasteiger partial charge in [0.1, 0.15) is 0 Å². The number of rotatable bonds is 6. The zero-order chi connectivity index (χ0) is 14.4. The minimum atomic E-state index is 0.355. The Bertz CT molecular complexity index is 302. The number of nitrogens with two attached hydrogens (primary N) is 1. The van der Waals surface area contributed by atoms with Crippen LogP contribution >= 0.6 is 0 Å². The van der Waals surface area contributed by atoms with Crippen molar-refractivity contribution in [2.24, 2.45) is 11.7 Å². The minimum Gasteiger partial charge on any atom is -0.341 e. The number of hydrogen-bond acceptors (Lipinski definition) is 3. The molecule has 0 spiro atoms. The normalized spacial score (nSPS) is 25.9. The molecule has 0 aliphatic carbocycles. The lowest BCUT2D eigenvalue weighted by atomic mass is 10.0. The Hall–Kier alpha value is -0.610. The molecule has 2 aliphatic heterocycles. The average Bonchev–Trinajstić information content (AvgIpc) is 2.96. The fourth-order valence-corrected chi connectivity index (χ4v) is 3.51. The Morgan fingerprint density at radius 3 is 2.65 bits per heavy atom. The molecule has 20 heavy (non-hydrogen) atoms. The molecule has 4 heteroatoms. The van der Waals surface area contributed by atoms with Crippen LogP contribution in [0.4, 0.5) is 0 Å². The molecule has 116 valence electrons. The van der Waals surface area contributed by atoms with E-state index in [4.69, 9.17) is 5.73 Å². The fourth-order valence-electron chi connectivity index (χ4n) is 3.51. The van der Waals surface area contributed by atoms with Crippen molar-refractivity contribution < 1.29 is 4.79 Å². The van der Waals surface area contributed by atoms with E-state index in [1.165, 1.54) is 38.8 Å². The van der Waals surface area contributed by atoms with Crippen molar-refractivity contribution in [3.8, 4) is 0 Å². The van der Waals surface area contributed by atoms with E-state index in [9.17, 15) is 4.79 Å². The summed E-state index contributed by atoms with van der Waals surface area (Å²) in [6.07, 6.45) is 7.94. The van der Waals surface area contributed by atoms with Crippen LogP contribution in [-0.2, 0) is 4.79 Å². The van der Waals surface area contributed by atoms with Gasteiger partial charge in [-0.25, -0.2) is 0 Å². The largest absolute Gasteiger partial charge is 0.341 e. The van der Waals surface area contributed by atoms with Gasteiger partial charge in [0.2, 0.25) is 5.91 Å². The molecule has 0 radical (unpaired) electrons. The first-order valence-corrected chi connectivity index (χ1v) is 8.42.